The van der Waals surface area contributed by atoms with Crippen LogP contribution in [0.5, 0.6) is 0 Å². The second-order valence-corrected chi connectivity index (χ2v) is 2.79. The van der Waals surface area contributed by atoms with Crippen LogP contribution >= 0.6 is 0 Å². The van der Waals surface area contributed by atoms with Crippen molar-refractivity contribution in [3.8, 4) is 0 Å². The van der Waals surface area contributed by atoms with Gasteiger partial charge in [0.15, 0.2) is 0 Å². The first-order valence-electron chi connectivity index (χ1n) is 4.17. The maximum atomic E-state index is 11.0. The van der Waals surface area contributed by atoms with Crippen LogP contribution in [-0.2, 0) is 9.53 Å². The smallest absolute Gasteiger partial charge is 0.410 e. The second kappa shape index (κ2) is 4.09. The largest absolute Gasteiger partial charge is 0.444 e. The molecule has 0 aromatic rings. The fraction of sp³-hybridized carbons (Fsp3) is 0.750. The van der Waals surface area contributed by atoms with Crippen molar-refractivity contribution in [1.29, 1.82) is 0 Å². The SMILES string of the molecule is CCN1CC(CCC=O)OC1=O. The van der Waals surface area contributed by atoms with Crippen molar-refractivity contribution >= 4 is 12.4 Å². The molecule has 1 aliphatic heterocycles. The van der Waals surface area contributed by atoms with E-state index in [1.54, 1.807) is 4.90 Å². The highest BCUT2D eigenvalue weighted by Gasteiger charge is 2.29. The molecule has 4 nitrogen and oxygen atoms in total. The molecule has 1 saturated heterocycles. The number of rotatable bonds is 4. The quantitative estimate of drug-likeness (QED) is 0.588. The Bertz CT molecular complexity index is 181. The molecule has 0 N–H and O–H groups in total. The molecule has 12 heavy (non-hydrogen) atoms. The minimum Gasteiger partial charge on any atom is -0.444 e. The van der Waals surface area contributed by atoms with Gasteiger partial charge in [-0.1, -0.05) is 0 Å². The third kappa shape index (κ3) is 1.96. The van der Waals surface area contributed by atoms with E-state index in [1.807, 2.05) is 6.92 Å². The van der Waals surface area contributed by atoms with Crippen LogP contribution in [0.25, 0.3) is 0 Å². The molecule has 1 fully saturated rings. The molecular weight excluding hydrogens is 158 g/mol. The average Bonchev–Trinajstić information content (AvgIpc) is 2.43. The van der Waals surface area contributed by atoms with Gasteiger partial charge in [-0.25, -0.2) is 4.79 Å². The van der Waals surface area contributed by atoms with Crippen LogP contribution in [0, 0.1) is 0 Å². The summed E-state index contributed by atoms with van der Waals surface area (Å²) in [6, 6.07) is 0. The number of carbonyl (C=O) groups is 2. The Morgan fingerprint density at radius 1 is 1.75 bits per heavy atom. The molecule has 0 aromatic heterocycles. The van der Waals surface area contributed by atoms with Gasteiger partial charge in [-0.15, -0.1) is 0 Å². The Morgan fingerprint density at radius 3 is 3.00 bits per heavy atom. The third-order valence-corrected chi connectivity index (χ3v) is 1.94. The molecule has 0 saturated carbocycles. The summed E-state index contributed by atoms with van der Waals surface area (Å²) in [6.07, 6.45) is 1.62. The maximum absolute atomic E-state index is 11.0. The first kappa shape index (κ1) is 9.03. The Labute approximate surface area is 71.5 Å². The van der Waals surface area contributed by atoms with Crippen molar-refractivity contribution in [2.75, 3.05) is 13.1 Å². The van der Waals surface area contributed by atoms with Gasteiger partial charge in [-0.3, -0.25) is 0 Å². The molecule has 4 heteroatoms. The van der Waals surface area contributed by atoms with Gasteiger partial charge in [0.05, 0.1) is 6.54 Å². The Balaban J connectivity index is 2.32. The highest BCUT2D eigenvalue weighted by molar-refractivity contribution is 5.69. The van der Waals surface area contributed by atoms with Gasteiger partial charge in [0.2, 0.25) is 0 Å². The summed E-state index contributed by atoms with van der Waals surface area (Å²) in [4.78, 5) is 22.7. The van der Waals surface area contributed by atoms with Crippen LogP contribution < -0.4 is 0 Å². The number of hydrogen-bond donors (Lipinski definition) is 0. The van der Waals surface area contributed by atoms with E-state index in [9.17, 15) is 9.59 Å². The zero-order valence-corrected chi connectivity index (χ0v) is 7.16. The molecule has 68 valence electrons. The number of ether oxygens (including phenoxy) is 1. The predicted octanol–water partition coefficient (Wildman–Crippen LogP) is 0.806. The topological polar surface area (TPSA) is 46.6 Å². The standard InChI is InChI=1S/C8H13NO3/c1-2-9-6-7(4-3-5-10)12-8(9)11/h5,7H,2-4,6H2,1H3. The van der Waals surface area contributed by atoms with E-state index in [1.165, 1.54) is 0 Å². The van der Waals surface area contributed by atoms with Gasteiger partial charge < -0.3 is 14.4 Å². The number of cyclic esters (lactones) is 1. The summed E-state index contributed by atoms with van der Waals surface area (Å²) in [6.45, 7) is 3.21. The van der Waals surface area contributed by atoms with Crippen LogP contribution in [0.4, 0.5) is 4.79 Å². The van der Waals surface area contributed by atoms with E-state index in [-0.39, 0.29) is 12.2 Å². The van der Waals surface area contributed by atoms with Crippen LogP contribution in [-0.4, -0.2) is 36.5 Å². The molecule has 1 aliphatic rings. The molecule has 1 heterocycles. The molecule has 0 aromatic carbocycles. The molecule has 0 bridgehead atoms. The molecular formula is C8H13NO3. The van der Waals surface area contributed by atoms with Crippen LogP contribution in [0.2, 0.25) is 0 Å². The number of hydrogen-bond acceptors (Lipinski definition) is 3. The number of carbonyl (C=O) groups excluding carboxylic acids is 2. The van der Waals surface area contributed by atoms with E-state index >= 15 is 0 Å². The van der Waals surface area contributed by atoms with Crippen LogP contribution in [0.3, 0.4) is 0 Å². The fourth-order valence-electron chi connectivity index (χ4n) is 1.24. The summed E-state index contributed by atoms with van der Waals surface area (Å²) in [5.41, 5.74) is 0. The zero-order valence-electron chi connectivity index (χ0n) is 7.16. The molecule has 0 aliphatic carbocycles. The molecule has 1 rings (SSSR count). The molecule has 1 unspecified atom stereocenters. The predicted molar refractivity (Wildman–Crippen MR) is 42.8 cm³/mol. The minimum absolute atomic E-state index is 0.0809. The summed E-state index contributed by atoms with van der Waals surface area (Å²) < 4.78 is 5.00. The molecule has 1 atom stereocenters. The van der Waals surface area contributed by atoms with Crippen molar-refractivity contribution in [1.82, 2.24) is 4.90 Å². The van der Waals surface area contributed by atoms with E-state index in [0.717, 1.165) is 6.29 Å². The van der Waals surface area contributed by atoms with Gasteiger partial charge in [-0.05, 0) is 13.3 Å². The van der Waals surface area contributed by atoms with Crippen molar-refractivity contribution in [3.63, 3.8) is 0 Å². The van der Waals surface area contributed by atoms with E-state index in [4.69, 9.17) is 4.74 Å². The number of likely N-dealkylation sites (N-methyl/N-ethyl adjacent to an activating group) is 1. The minimum atomic E-state index is -0.256. The van der Waals surface area contributed by atoms with E-state index in [0.29, 0.717) is 25.9 Å². The lowest BCUT2D eigenvalue weighted by Crippen LogP contribution is -2.24. The first-order valence-corrected chi connectivity index (χ1v) is 4.17. The average molecular weight is 171 g/mol. The summed E-state index contributed by atoms with van der Waals surface area (Å²) in [5, 5.41) is 0. The third-order valence-electron chi connectivity index (χ3n) is 1.94. The van der Waals surface area contributed by atoms with Gasteiger partial charge in [0, 0.05) is 13.0 Å². The van der Waals surface area contributed by atoms with Crippen molar-refractivity contribution in [2.45, 2.75) is 25.9 Å². The van der Waals surface area contributed by atoms with E-state index in [2.05, 4.69) is 0 Å². The number of aldehydes is 1. The normalized spacial score (nSPS) is 22.6. The summed E-state index contributed by atoms with van der Waals surface area (Å²) in [7, 11) is 0. The monoisotopic (exact) mass is 171 g/mol. The highest BCUT2D eigenvalue weighted by Crippen LogP contribution is 2.14. The lowest BCUT2D eigenvalue weighted by molar-refractivity contribution is -0.108. The summed E-state index contributed by atoms with van der Waals surface area (Å²) in [5.74, 6) is 0. The highest BCUT2D eigenvalue weighted by atomic mass is 16.6. The number of amides is 1. The lowest BCUT2D eigenvalue weighted by Gasteiger charge is -2.07. The fourth-order valence-corrected chi connectivity index (χ4v) is 1.24. The number of nitrogens with zero attached hydrogens (tertiary/aromatic N) is 1. The second-order valence-electron chi connectivity index (χ2n) is 2.79. The Morgan fingerprint density at radius 2 is 2.50 bits per heavy atom. The van der Waals surface area contributed by atoms with Crippen molar-refractivity contribution in [2.24, 2.45) is 0 Å². The van der Waals surface area contributed by atoms with Crippen molar-refractivity contribution < 1.29 is 14.3 Å². The zero-order chi connectivity index (χ0) is 8.97. The van der Waals surface area contributed by atoms with E-state index < -0.39 is 0 Å². The van der Waals surface area contributed by atoms with Gasteiger partial charge in [-0.2, -0.15) is 0 Å². The van der Waals surface area contributed by atoms with Crippen LogP contribution in [0.1, 0.15) is 19.8 Å². The molecule has 1 amide bonds. The lowest BCUT2D eigenvalue weighted by atomic mass is 10.2. The van der Waals surface area contributed by atoms with Gasteiger partial charge in [0.25, 0.3) is 0 Å². The maximum Gasteiger partial charge on any atom is 0.410 e. The van der Waals surface area contributed by atoms with Gasteiger partial charge >= 0.3 is 6.09 Å². The van der Waals surface area contributed by atoms with Gasteiger partial charge in [0.1, 0.15) is 12.4 Å². The summed E-state index contributed by atoms with van der Waals surface area (Å²) >= 11 is 0. The Kier molecular flexibility index (Phi) is 3.08. The first-order chi connectivity index (χ1) is 5.77. The molecule has 0 radical (unpaired) electrons. The molecule has 0 spiro atoms. The van der Waals surface area contributed by atoms with Crippen molar-refractivity contribution in [3.05, 3.63) is 0 Å². The Hall–Kier alpha value is -1.06. The van der Waals surface area contributed by atoms with Crippen LogP contribution in [0.15, 0.2) is 0 Å².